The summed E-state index contributed by atoms with van der Waals surface area (Å²) in [7, 11) is 3.72. The molecule has 160 valence electrons. The van der Waals surface area contributed by atoms with Crippen LogP contribution in [0.4, 0.5) is 0 Å². The van der Waals surface area contributed by atoms with Crippen LogP contribution in [0.2, 0.25) is 0 Å². The highest BCUT2D eigenvalue weighted by molar-refractivity contribution is 5.93. The maximum absolute atomic E-state index is 12.3. The van der Waals surface area contributed by atoms with E-state index in [-0.39, 0.29) is 17.6 Å². The maximum Gasteiger partial charge on any atom is 0.298 e. The van der Waals surface area contributed by atoms with Crippen molar-refractivity contribution < 1.29 is 9.53 Å². The standard InChI is InChI=1S/C23H26N6O2/c1-5-6-21(30)28(4)17-7-8-18-15(2)23(18,11-17)31-22-20-9-10-24-29(20)14-19(26-22)16-12-25-27(3)13-16/h9-10,12-15,17-18H,7-8,11H2,1-4H3/t15?,17-,18?,23+/m0/s1. The van der Waals surface area contributed by atoms with Crippen LogP contribution in [0.1, 0.15) is 33.1 Å². The Hall–Kier alpha value is -3.34. The number of hydrogen-bond donors (Lipinski definition) is 0. The molecule has 0 aromatic carbocycles. The van der Waals surface area contributed by atoms with E-state index in [0.717, 1.165) is 36.0 Å². The van der Waals surface area contributed by atoms with E-state index in [1.807, 2.05) is 32.6 Å². The number of fused-ring (bicyclic) bond motifs is 2. The molecule has 0 bridgehead atoms. The second kappa shape index (κ2) is 7.12. The molecule has 0 spiro atoms. The normalized spacial score (nSPS) is 26.6. The number of ether oxygens (including phenoxy) is 1. The third-order valence-electron chi connectivity index (χ3n) is 7.00. The Kier molecular flexibility index (Phi) is 4.50. The van der Waals surface area contributed by atoms with E-state index in [0.29, 0.717) is 17.7 Å². The van der Waals surface area contributed by atoms with E-state index < -0.39 is 0 Å². The molecule has 31 heavy (non-hydrogen) atoms. The zero-order valence-electron chi connectivity index (χ0n) is 18.2. The molecule has 0 N–H and O–H groups in total. The third-order valence-corrected chi connectivity index (χ3v) is 7.00. The number of aryl methyl sites for hydroxylation is 1. The Morgan fingerprint density at radius 2 is 2.16 bits per heavy atom. The zero-order chi connectivity index (χ0) is 21.8. The fourth-order valence-electron chi connectivity index (χ4n) is 5.11. The van der Waals surface area contributed by atoms with Gasteiger partial charge < -0.3 is 9.64 Å². The number of carbonyl (C=O) groups excluding carboxylic acids is 1. The van der Waals surface area contributed by atoms with Crippen molar-refractivity contribution in [1.82, 2.24) is 29.3 Å². The van der Waals surface area contributed by atoms with Crippen molar-refractivity contribution in [2.24, 2.45) is 18.9 Å². The molecule has 2 aliphatic carbocycles. The lowest BCUT2D eigenvalue weighted by Crippen LogP contribution is -2.43. The lowest BCUT2D eigenvalue weighted by atomic mass is 9.91. The van der Waals surface area contributed by atoms with Gasteiger partial charge in [-0.1, -0.05) is 12.8 Å². The molecule has 1 amide bonds. The fourth-order valence-corrected chi connectivity index (χ4v) is 5.11. The van der Waals surface area contributed by atoms with Gasteiger partial charge >= 0.3 is 0 Å². The number of hydrogen-bond acceptors (Lipinski definition) is 5. The van der Waals surface area contributed by atoms with E-state index in [2.05, 4.69) is 29.0 Å². The smallest absolute Gasteiger partial charge is 0.298 e. The van der Waals surface area contributed by atoms with Gasteiger partial charge in [0.1, 0.15) is 11.1 Å². The van der Waals surface area contributed by atoms with Crippen molar-refractivity contribution in [1.29, 1.82) is 0 Å². The van der Waals surface area contributed by atoms with E-state index in [1.54, 1.807) is 33.4 Å². The van der Waals surface area contributed by atoms with E-state index >= 15 is 0 Å². The molecule has 2 unspecified atom stereocenters. The molecule has 2 aliphatic rings. The van der Waals surface area contributed by atoms with Crippen LogP contribution < -0.4 is 4.74 Å². The summed E-state index contributed by atoms with van der Waals surface area (Å²) in [5, 5.41) is 8.67. The van der Waals surface area contributed by atoms with Gasteiger partial charge in [0.25, 0.3) is 5.91 Å². The van der Waals surface area contributed by atoms with Gasteiger partial charge in [0.05, 0.1) is 24.3 Å². The van der Waals surface area contributed by atoms with Crippen LogP contribution in [-0.4, -0.2) is 53.9 Å². The minimum Gasteiger partial charge on any atom is -0.469 e. The van der Waals surface area contributed by atoms with Crippen LogP contribution >= 0.6 is 0 Å². The molecule has 4 atom stereocenters. The minimum absolute atomic E-state index is 0.108. The topological polar surface area (TPSA) is 77.6 Å². The van der Waals surface area contributed by atoms with Gasteiger partial charge in [0.2, 0.25) is 5.88 Å². The number of carbonyl (C=O) groups is 1. The molecule has 3 aromatic rings. The van der Waals surface area contributed by atoms with Gasteiger partial charge in [-0.2, -0.15) is 10.2 Å². The molecule has 0 aliphatic heterocycles. The second-order valence-electron chi connectivity index (χ2n) is 8.67. The van der Waals surface area contributed by atoms with Crippen molar-refractivity contribution in [3.8, 4) is 29.0 Å². The van der Waals surface area contributed by atoms with Gasteiger partial charge in [0, 0.05) is 50.2 Å². The number of amides is 1. The summed E-state index contributed by atoms with van der Waals surface area (Å²) in [5.41, 5.74) is 2.19. The molecule has 2 fully saturated rings. The van der Waals surface area contributed by atoms with Gasteiger partial charge in [-0.05, 0) is 31.8 Å². The molecular formula is C23H26N6O2. The Labute approximate surface area is 181 Å². The molecule has 3 heterocycles. The lowest BCUT2D eigenvalue weighted by molar-refractivity contribution is -0.127. The van der Waals surface area contributed by atoms with Gasteiger partial charge in [-0.25, -0.2) is 9.50 Å². The molecule has 8 heteroatoms. The first-order chi connectivity index (χ1) is 14.9. The number of rotatable bonds is 4. The van der Waals surface area contributed by atoms with Crippen molar-refractivity contribution >= 4 is 11.4 Å². The SMILES string of the molecule is CC#CC(=O)N(C)[C@H]1CCC2C(C)[C@]2(Oc2nc(-c3cnn(C)c3)cn3nccc23)C1. The van der Waals surface area contributed by atoms with E-state index in [9.17, 15) is 4.79 Å². The maximum atomic E-state index is 12.3. The average Bonchev–Trinajstić information content (AvgIpc) is 3.16. The quantitative estimate of drug-likeness (QED) is 0.609. The highest BCUT2D eigenvalue weighted by Gasteiger charge is 2.67. The van der Waals surface area contributed by atoms with Crippen LogP contribution in [0.3, 0.4) is 0 Å². The Morgan fingerprint density at radius 1 is 1.32 bits per heavy atom. The average molecular weight is 419 g/mol. The van der Waals surface area contributed by atoms with Crippen molar-refractivity contribution in [3.63, 3.8) is 0 Å². The largest absolute Gasteiger partial charge is 0.469 e. The van der Waals surface area contributed by atoms with Crippen LogP contribution in [0.15, 0.2) is 30.9 Å². The monoisotopic (exact) mass is 418 g/mol. The van der Waals surface area contributed by atoms with Crippen LogP contribution in [0, 0.1) is 23.7 Å². The second-order valence-corrected chi connectivity index (χ2v) is 8.67. The first-order valence-corrected chi connectivity index (χ1v) is 10.6. The number of aromatic nitrogens is 5. The summed E-state index contributed by atoms with van der Waals surface area (Å²) in [6, 6.07) is 2.03. The Morgan fingerprint density at radius 3 is 2.90 bits per heavy atom. The summed E-state index contributed by atoms with van der Waals surface area (Å²) >= 11 is 0. The highest BCUT2D eigenvalue weighted by Crippen LogP contribution is 2.61. The van der Waals surface area contributed by atoms with Gasteiger partial charge in [0.15, 0.2) is 0 Å². The molecular weight excluding hydrogens is 392 g/mol. The van der Waals surface area contributed by atoms with Crippen LogP contribution in [0.5, 0.6) is 5.88 Å². The first-order valence-electron chi connectivity index (χ1n) is 10.6. The molecule has 8 nitrogen and oxygen atoms in total. The van der Waals surface area contributed by atoms with Crippen molar-refractivity contribution in [2.75, 3.05) is 7.05 Å². The molecule has 0 radical (unpaired) electrons. The minimum atomic E-state index is -0.317. The predicted molar refractivity (Wildman–Crippen MR) is 115 cm³/mol. The fraction of sp³-hybridized carbons (Fsp3) is 0.478. The highest BCUT2D eigenvalue weighted by atomic mass is 16.5. The summed E-state index contributed by atoms with van der Waals surface area (Å²) < 4.78 is 10.3. The predicted octanol–water partition coefficient (Wildman–Crippen LogP) is 2.55. The van der Waals surface area contributed by atoms with E-state index in [1.165, 1.54) is 0 Å². The zero-order valence-corrected chi connectivity index (χ0v) is 18.2. The summed E-state index contributed by atoms with van der Waals surface area (Å²) in [4.78, 5) is 19.0. The number of nitrogens with zero attached hydrogens (tertiary/aromatic N) is 6. The van der Waals surface area contributed by atoms with Gasteiger partial charge in [-0.3, -0.25) is 9.48 Å². The molecule has 3 aromatic heterocycles. The third kappa shape index (κ3) is 3.16. The summed E-state index contributed by atoms with van der Waals surface area (Å²) in [6.07, 6.45) is 10.1. The first kappa shape index (κ1) is 19.6. The molecule has 0 saturated heterocycles. The van der Waals surface area contributed by atoms with Crippen LogP contribution in [-0.2, 0) is 11.8 Å². The van der Waals surface area contributed by atoms with Crippen molar-refractivity contribution in [3.05, 3.63) is 30.9 Å². The van der Waals surface area contributed by atoms with Crippen molar-refractivity contribution in [2.45, 2.75) is 44.8 Å². The van der Waals surface area contributed by atoms with Gasteiger partial charge in [-0.15, -0.1) is 0 Å². The Bertz CT molecular complexity index is 1220. The Balaban J connectivity index is 1.48. The molecule has 2 saturated carbocycles. The lowest BCUT2D eigenvalue weighted by Gasteiger charge is -2.34. The van der Waals surface area contributed by atoms with Crippen LogP contribution in [0.25, 0.3) is 16.8 Å². The summed E-state index contributed by atoms with van der Waals surface area (Å²) in [5.74, 6) is 6.69. The molecule has 5 rings (SSSR count). The van der Waals surface area contributed by atoms with E-state index in [4.69, 9.17) is 9.72 Å². The summed E-state index contributed by atoms with van der Waals surface area (Å²) in [6.45, 7) is 3.92.